The fourth-order valence-corrected chi connectivity index (χ4v) is 6.39. The van der Waals surface area contributed by atoms with Crippen molar-refractivity contribution in [2.45, 2.75) is 63.3 Å². The van der Waals surface area contributed by atoms with Crippen LogP contribution in [0.3, 0.4) is 0 Å². The lowest BCUT2D eigenvalue weighted by Crippen LogP contribution is -2.43. The molecule has 1 saturated carbocycles. The van der Waals surface area contributed by atoms with Gasteiger partial charge in [-0.2, -0.15) is 0 Å². The molecule has 47 heavy (non-hydrogen) atoms. The lowest BCUT2D eigenvalue weighted by molar-refractivity contribution is -0.253. The maximum Gasteiger partial charge on any atom is 0.323 e. The molecule has 244 valence electrons. The molecule has 0 bridgehead atoms. The van der Waals surface area contributed by atoms with Gasteiger partial charge >= 0.3 is 6.03 Å². The number of benzene rings is 4. The summed E-state index contributed by atoms with van der Waals surface area (Å²) in [4.78, 5) is 15.4. The fourth-order valence-electron chi connectivity index (χ4n) is 6.39. The predicted molar refractivity (Wildman–Crippen MR) is 184 cm³/mol. The van der Waals surface area contributed by atoms with Crippen LogP contribution in [0.25, 0.3) is 0 Å². The van der Waals surface area contributed by atoms with Gasteiger partial charge in [0.15, 0.2) is 6.29 Å². The lowest BCUT2D eigenvalue weighted by atomic mass is 9.99. The SMILES string of the molecule is C=CCN(C[C@@H]1C[C@H](c2ccc(CO)cc2)O[C@H](c2cccc(NC(=O)Nc3ccc(Oc4ccccc4)cc3)c2)O1)C1CCCC1. The van der Waals surface area contributed by atoms with Gasteiger partial charge in [-0.1, -0.05) is 73.5 Å². The van der Waals surface area contributed by atoms with E-state index in [9.17, 15) is 9.90 Å². The van der Waals surface area contributed by atoms with Crippen LogP contribution in [0.15, 0.2) is 116 Å². The Balaban J connectivity index is 1.13. The number of carbonyl (C=O) groups excluding carboxylic acids is 1. The molecular formula is C39H43N3O5. The van der Waals surface area contributed by atoms with Gasteiger partial charge in [0, 0.05) is 42.5 Å². The molecule has 8 heteroatoms. The highest BCUT2D eigenvalue weighted by Crippen LogP contribution is 2.39. The van der Waals surface area contributed by atoms with E-state index in [1.54, 1.807) is 12.1 Å². The molecule has 3 N–H and O–H groups in total. The summed E-state index contributed by atoms with van der Waals surface area (Å²) in [6.45, 7) is 5.62. The number of aliphatic hydroxyl groups is 1. The second kappa shape index (κ2) is 15.9. The highest BCUT2D eigenvalue weighted by atomic mass is 16.7. The zero-order valence-electron chi connectivity index (χ0n) is 26.6. The van der Waals surface area contributed by atoms with Crippen LogP contribution in [-0.2, 0) is 16.1 Å². The molecule has 6 rings (SSSR count). The zero-order chi connectivity index (χ0) is 32.4. The first kappa shape index (κ1) is 32.5. The molecule has 1 saturated heterocycles. The Hall–Kier alpha value is -4.47. The molecule has 1 aliphatic carbocycles. The van der Waals surface area contributed by atoms with E-state index in [0.29, 0.717) is 29.6 Å². The van der Waals surface area contributed by atoms with Gasteiger partial charge in [-0.25, -0.2) is 4.79 Å². The van der Waals surface area contributed by atoms with E-state index in [1.165, 1.54) is 25.7 Å². The topological polar surface area (TPSA) is 92.3 Å². The number of nitrogens with one attached hydrogen (secondary N) is 2. The molecule has 1 heterocycles. The van der Waals surface area contributed by atoms with E-state index in [4.69, 9.17) is 14.2 Å². The maximum absolute atomic E-state index is 12.9. The number of nitrogens with zero attached hydrogens (tertiary/aromatic N) is 1. The van der Waals surface area contributed by atoms with Crippen molar-refractivity contribution in [1.82, 2.24) is 4.90 Å². The van der Waals surface area contributed by atoms with E-state index in [2.05, 4.69) is 22.1 Å². The van der Waals surface area contributed by atoms with Crippen LogP contribution in [0.4, 0.5) is 16.2 Å². The first-order chi connectivity index (χ1) is 23.1. The van der Waals surface area contributed by atoms with E-state index in [-0.39, 0.29) is 24.8 Å². The maximum atomic E-state index is 12.9. The Labute approximate surface area is 277 Å². The van der Waals surface area contributed by atoms with Crippen LogP contribution in [0.2, 0.25) is 0 Å². The number of hydrogen-bond donors (Lipinski definition) is 3. The molecule has 2 amide bonds. The second-order valence-electron chi connectivity index (χ2n) is 12.2. The number of carbonyl (C=O) groups is 1. The summed E-state index contributed by atoms with van der Waals surface area (Å²) in [5.74, 6) is 1.43. The third kappa shape index (κ3) is 8.87. The summed E-state index contributed by atoms with van der Waals surface area (Å²) in [5, 5.41) is 15.4. The van der Waals surface area contributed by atoms with E-state index in [1.807, 2.05) is 97.1 Å². The van der Waals surface area contributed by atoms with Crippen LogP contribution in [0, 0.1) is 0 Å². The van der Waals surface area contributed by atoms with E-state index in [0.717, 1.165) is 35.5 Å². The first-order valence-corrected chi connectivity index (χ1v) is 16.4. The highest BCUT2D eigenvalue weighted by molar-refractivity contribution is 5.99. The average molecular weight is 634 g/mol. The minimum atomic E-state index is -0.618. The number of urea groups is 1. The van der Waals surface area contributed by atoms with Gasteiger partial charge in [0.2, 0.25) is 0 Å². The van der Waals surface area contributed by atoms with Crippen molar-refractivity contribution in [3.8, 4) is 11.5 Å². The number of anilines is 2. The number of aliphatic hydroxyl groups excluding tert-OH is 1. The normalized spacial score (nSPS) is 19.7. The van der Waals surface area contributed by atoms with Gasteiger partial charge in [0.25, 0.3) is 0 Å². The minimum Gasteiger partial charge on any atom is -0.457 e. The van der Waals surface area contributed by atoms with Gasteiger partial charge in [-0.05, 0) is 72.5 Å². The Morgan fingerprint density at radius 3 is 2.30 bits per heavy atom. The number of ether oxygens (including phenoxy) is 3. The monoisotopic (exact) mass is 633 g/mol. The summed E-state index contributed by atoms with van der Waals surface area (Å²) in [6.07, 6.45) is 6.75. The molecule has 4 aromatic carbocycles. The largest absolute Gasteiger partial charge is 0.457 e. The van der Waals surface area contributed by atoms with Crippen LogP contribution in [0.5, 0.6) is 11.5 Å². The molecule has 2 fully saturated rings. The Bertz CT molecular complexity index is 1590. The molecule has 3 atom stereocenters. The van der Waals surface area contributed by atoms with Crippen molar-refractivity contribution in [2.24, 2.45) is 0 Å². The van der Waals surface area contributed by atoms with Crippen LogP contribution >= 0.6 is 0 Å². The van der Waals surface area contributed by atoms with Crippen molar-refractivity contribution in [2.75, 3.05) is 23.7 Å². The molecule has 1 aliphatic heterocycles. The van der Waals surface area contributed by atoms with Gasteiger partial charge in [-0.15, -0.1) is 6.58 Å². The van der Waals surface area contributed by atoms with E-state index >= 15 is 0 Å². The van der Waals surface area contributed by atoms with Gasteiger partial charge < -0.3 is 30.0 Å². The van der Waals surface area contributed by atoms with Crippen molar-refractivity contribution in [1.29, 1.82) is 0 Å². The minimum absolute atomic E-state index is 0.000575. The fraction of sp³-hybridized carbons (Fsp3) is 0.308. The number of amides is 2. The van der Waals surface area contributed by atoms with Crippen molar-refractivity contribution >= 4 is 17.4 Å². The smallest absolute Gasteiger partial charge is 0.323 e. The quantitative estimate of drug-likeness (QED) is 0.135. The molecule has 0 radical (unpaired) electrons. The summed E-state index contributed by atoms with van der Waals surface area (Å²) < 4.78 is 19.1. The Morgan fingerprint density at radius 1 is 0.851 bits per heavy atom. The highest BCUT2D eigenvalue weighted by Gasteiger charge is 2.34. The molecule has 0 spiro atoms. The molecule has 8 nitrogen and oxygen atoms in total. The summed E-state index contributed by atoms with van der Waals surface area (Å²) in [7, 11) is 0. The standard InChI is InChI=1S/C39H43N3O5/c1-2-23-42(33-11-6-7-12-33)26-36-25-37(29-17-15-28(27-43)16-18-29)47-38(46-36)30-9-8-10-32(24-30)41-39(44)40-31-19-21-35(22-20-31)45-34-13-4-3-5-14-34/h2-5,8-10,13-22,24,33,36-38,43H,1,6-7,11-12,23,25-27H2,(H2,40,41,44)/t36-,37+,38+/m0/s1. The van der Waals surface area contributed by atoms with Crippen LogP contribution < -0.4 is 15.4 Å². The first-order valence-electron chi connectivity index (χ1n) is 16.4. The van der Waals surface area contributed by atoms with Gasteiger partial charge in [0.05, 0.1) is 18.8 Å². The third-order valence-corrected chi connectivity index (χ3v) is 8.77. The predicted octanol–water partition coefficient (Wildman–Crippen LogP) is 8.59. The molecule has 0 unspecified atom stereocenters. The summed E-state index contributed by atoms with van der Waals surface area (Å²) in [6, 6.07) is 32.5. The number of rotatable bonds is 12. The van der Waals surface area contributed by atoms with Crippen molar-refractivity contribution < 1.29 is 24.1 Å². The third-order valence-electron chi connectivity index (χ3n) is 8.77. The van der Waals surface area contributed by atoms with E-state index < -0.39 is 6.29 Å². The van der Waals surface area contributed by atoms with Gasteiger partial charge in [-0.3, -0.25) is 4.90 Å². The van der Waals surface area contributed by atoms with Crippen LogP contribution in [-0.4, -0.2) is 41.3 Å². The molecule has 0 aromatic heterocycles. The molecule has 4 aromatic rings. The zero-order valence-corrected chi connectivity index (χ0v) is 26.6. The lowest BCUT2D eigenvalue weighted by Gasteiger charge is -2.39. The number of hydrogen-bond acceptors (Lipinski definition) is 6. The summed E-state index contributed by atoms with van der Waals surface area (Å²) >= 11 is 0. The Morgan fingerprint density at radius 2 is 1.57 bits per heavy atom. The second-order valence-corrected chi connectivity index (χ2v) is 12.2. The van der Waals surface area contributed by atoms with Crippen molar-refractivity contribution in [3.63, 3.8) is 0 Å². The molecular weight excluding hydrogens is 590 g/mol. The Kier molecular flexibility index (Phi) is 11.0. The summed E-state index contributed by atoms with van der Waals surface area (Å²) in [5.41, 5.74) is 4.00. The van der Waals surface area contributed by atoms with Crippen molar-refractivity contribution in [3.05, 3.63) is 132 Å². The number of para-hydroxylation sites is 1. The van der Waals surface area contributed by atoms with Crippen LogP contribution in [0.1, 0.15) is 61.2 Å². The molecule has 2 aliphatic rings. The van der Waals surface area contributed by atoms with Gasteiger partial charge in [0.1, 0.15) is 11.5 Å². The average Bonchev–Trinajstić information content (AvgIpc) is 3.65.